The van der Waals surface area contributed by atoms with Crippen LogP contribution in [0.2, 0.25) is 0 Å². The number of aryl methyl sites for hydroxylation is 1. The lowest BCUT2D eigenvalue weighted by atomic mass is 9.92. The van der Waals surface area contributed by atoms with E-state index in [-0.39, 0.29) is 6.04 Å². The topological polar surface area (TPSA) is 92.2 Å². The number of hydrogen-bond acceptors (Lipinski definition) is 9. The second-order valence-corrected chi connectivity index (χ2v) is 7.96. The number of nitrogens with one attached hydrogen (secondary N) is 2. The van der Waals surface area contributed by atoms with Crippen LogP contribution in [0.15, 0.2) is 22.7 Å². The lowest BCUT2D eigenvalue weighted by Gasteiger charge is -2.26. The van der Waals surface area contributed by atoms with Crippen LogP contribution in [0, 0.1) is 11.8 Å². The van der Waals surface area contributed by atoms with Gasteiger partial charge in [-0.2, -0.15) is 14.3 Å². The van der Waals surface area contributed by atoms with E-state index in [4.69, 9.17) is 0 Å². The van der Waals surface area contributed by atoms with Gasteiger partial charge >= 0.3 is 0 Å². The van der Waals surface area contributed by atoms with Gasteiger partial charge in [-0.3, -0.25) is 0 Å². The van der Waals surface area contributed by atoms with Crippen LogP contribution in [0.3, 0.4) is 0 Å². The fourth-order valence-electron chi connectivity index (χ4n) is 3.07. The van der Waals surface area contributed by atoms with Gasteiger partial charge in [-0.05, 0) is 61.7 Å². The van der Waals surface area contributed by atoms with Crippen molar-refractivity contribution in [3.8, 4) is 0 Å². The van der Waals surface area contributed by atoms with Gasteiger partial charge in [0.2, 0.25) is 5.95 Å². The highest BCUT2D eigenvalue weighted by Crippen LogP contribution is 2.31. The van der Waals surface area contributed by atoms with Crippen LogP contribution < -0.4 is 10.6 Å². The van der Waals surface area contributed by atoms with Crippen molar-refractivity contribution in [1.82, 2.24) is 14.3 Å². The van der Waals surface area contributed by atoms with Crippen molar-refractivity contribution in [2.45, 2.75) is 44.7 Å². The summed E-state index contributed by atoms with van der Waals surface area (Å²) in [6, 6.07) is 4.27. The molecule has 4 rings (SSSR count). The minimum Gasteiger partial charge on any atom is -0.366 e. The molecule has 25 heavy (non-hydrogen) atoms. The Balaban J connectivity index is 1.57. The van der Waals surface area contributed by atoms with Crippen LogP contribution in [0.25, 0.3) is 10.2 Å². The molecule has 0 atom stereocenters. The van der Waals surface area contributed by atoms with Crippen molar-refractivity contribution < 1.29 is 0 Å². The van der Waals surface area contributed by atoms with Gasteiger partial charge in [-0.25, -0.2) is 4.98 Å². The summed E-state index contributed by atoms with van der Waals surface area (Å²) in [6.07, 6.45) is 3.55. The summed E-state index contributed by atoms with van der Waals surface area (Å²) in [5, 5.41) is 12.9. The van der Waals surface area contributed by atoms with Crippen LogP contribution in [0.4, 0.5) is 16.8 Å². The quantitative estimate of drug-likeness (QED) is 0.630. The van der Waals surface area contributed by atoms with Gasteiger partial charge in [0.25, 0.3) is 0 Å². The van der Waals surface area contributed by atoms with Crippen LogP contribution in [0.1, 0.15) is 31.4 Å². The smallest absolute Gasteiger partial charge is 0.230 e. The summed E-state index contributed by atoms with van der Waals surface area (Å²) in [7, 11) is 0. The van der Waals surface area contributed by atoms with E-state index in [9.17, 15) is 4.91 Å². The highest BCUT2D eigenvalue weighted by molar-refractivity contribution is 7.17. The van der Waals surface area contributed by atoms with Crippen molar-refractivity contribution >= 4 is 49.9 Å². The molecule has 0 bridgehead atoms. The Labute approximate surface area is 153 Å². The van der Waals surface area contributed by atoms with Gasteiger partial charge in [0.15, 0.2) is 0 Å². The predicted molar refractivity (Wildman–Crippen MR) is 103 cm³/mol. The zero-order chi connectivity index (χ0) is 17.2. The van der Waals surface area contributed by atoms with Gasteiger partial charge in [0.05, 0.1) is 22.0 Å². The SMILES string of the molecule is Cc1cc(Nc2nc(NC3CCC(N=O)CC3)c3sccc3n2)sn1. The molecular weight excluding hydrogens is 356 g/mol. The third-order valence-electron chi connectivity index (χ3n) is 4.35. The summed E-state index contributed by atoms with van der Waals surface area (Å²) in [5.74, 6) is 1.42. The zero-order valence-corrected chi connectivity index (χ0v) is 15.4. The van der Waals surface area contributed by atoms with Gasteiger partial charge in [-0.1, -0.05) is 5.18 Å². The molecule has 0 amide bonds. The van der Waals surface area contributed by atoms with Gasteiger partial charge < -0.3 is 10.6 Å². The number of nitrogens with zero attached hydrogens (tertiary/aromatic N) is 4. The molecule has 1 aliphatic rings. The Bertz CT molecular complexity index is 884. The first kappa shape index (κ1) is 16.3. The Kier molecular flexibility index (Phi) is 4.58. The maximum Gasteiger partial charge on any atom is 0.230 e. The molecule has 0 aliphatic heterocycles. The molecule has 0 aromatic carbocycles. The van der Waals surface area contributed by atoms with Crippen LogP contribution in [-0.4, -0.2) is 26.4 Å². The molecule has 3 aromatic heterocycles. The van der Waals surface area contributed by atoms with E-state index < -0.39 is 0 Å². The lowest BCUT2D eigenvalue weighted by Crippen LogP contribution is -2.28. The molecule has 130 valence electrons. The number of hydrogen-bond donors (Lipinski definition) is 2. The summed E-state index contributed by atoms with van der Waals surface area (Å²) < 4.78 is 5.33. The van der Waals surface area contributed by atoms with Gasteiger partial charge in [0.1, 0.15) is 10.8 Å². The number of nitroso groups, excluding NO2 is 1. The normalized spacial score (nSPS) is 20.5. The average Bonchev–Trinajstić information content (AvgIpc) is 3.24. The van der Waals surface area contributed by atoms with E-state index in [1.165, 1.54) is 11.5 Å². The Hall–Kier alpha value is -2.13. The molecule has 1 saturated carbocycles. The van der Waals surface area contributed by atoms with Gasteiger partial charge in [0, 0.05) is 6.04 Å². The van der Waals surface area contributed by atoms with Crippen molar-refractivity contribution in [1.29, 1.82) is 0 Å². The van der Waals surface area contributed by atoms with E-state index in [0.717, 1.165) is 52.4 Å². The monoisotopic (exact) mass is 374 g/mol. The summed E-state index contributed by atoms with van der Waals surface area (Å²) >= 11 is 3.03. The molecule has 3 heterocycles. The first-order chi connectivity index (χ1) is 12.2. The minimum atomic E-state index is -0.0306. The van der Waals surface area contributed by atoms with E-state index in [2.05, 4.69) is 30.2 Å². The Morgan fingerprint density at radius 2 is 2.08 bits per heavy atom. The third-order valence-corrected chi connectivity index (χ3v) is 6.06. The Morgan fingerprint density at radius 1 is 1.24 bits per heavy atom. The number of fused-ring (bicyclic) bond motifs is 1. The van der Waals surface area contributed by atoms with Crippen molar-refractivity contribution in [2.75, 3.05) is 10.6 Å². The predicted octanol–water partition coefficient (Wildman–Crippen LogP) is 4.69. The van der Waals surface area contributed by atoms with Crippen LogP contribution >= 0.6 is 22.9 Å². The highest BCUT2D eigenvalue weighted by atomic mass is 32.1. The minimum absolute atomic E-state index is 0.0306. The number of anilines is 3. The summed E-state index contributed by atoms with van der Waals surface area (Å²) in [4.78, 5) is 20.0. The zero-order valence-electron chi connectivity index (χ0n) is 13.7. The third kappa shape index (κ3) is 3.62. The maximum absolute atomic E-state index is 10.7. The fraction of sp³-hybridized carbons (Fsp3) is 0.438. The van der Waals surface area contributed by atoms with E-state index >= 15 is 0 Å². The molecule has 7 nitrogen and oxygen atoms in total. The molecule has 3 aromatic rings. The molecule has 2 N–H and O–H groups in total. The number of rotatable bonds is 5. The lowest BCUT2D eigenvalue weighted by molar-refractivity contribution is 0.410. The van der Waals surface area contributed by atoms with E-state index in [0.29, 0.717) is 12.0 Å². The van der Waals surface area contributed by atoms with Gasteiger partial charge in [-0.15, -0.1) is 11.3 Å². The summed E-state index contributed by atoms with van der Waals surface area (Å²) in [5.41, 5.74) is 1.90. The average molecular weight is 374 g/mol. The second-order valence-electron chi connectivity index (χ2n) is 6.24. The second kappa shape index (κ2) is 7.01. The molecule has 1 aliphatic carbocycles. The first-order valence-corrected chi connectivity index (χ1v) is 9.91. The van der Waals surface area contributed by atoms with E-state index in [1.54, 1.807) is 11.3 Å². The molecule has 0 unspecified atom stereocenters. The highest BCUT2D eigenvalue weighted by Gasteiger charge is 2.23. The first-order valence-electron chi connectivity index (χ1n) is 8.26. The van der Waals surface area contributed by atoms with Crippen molar-refractivity contribution in [2.24, 2.45) is 5.18 Å². The standard InChI is InChI=1S/C16H18N6OS2/c1-9-8-13(25-22-9)19-16-18-12-6-7-24-14(12)15(20-16)17-10-2-4-11(21-23)5-3-10/h6-8,10-11H,2-5H2,1H3,(H2,17,18,19,20). The van der Waals surface area contributed by atoms with Crippen molar-refractivity contribution in [3.63, 3.8) is 0 Å². The molecule has 0 spiro atoms. The largest absolute Gasteiger partial charge is 0.366 e. The molecule has 1 fully saturated rings. The molecule has 9 heteroatoms. The number of aromatic nitrogens is 3. The Morgan fingerprint density at radius 3 is 2.80 bits per heavy atom. The van der Waals surface area contributed by atoms with Crippen LogP contribution in [0.5, 0.6) is 0 Å². The molecule has 0 radical (unpaired) electrons. The van der Waals surface area contributed by atoms with Crippen LogP contribution in [-0.2, 0) is 0 Å². The number of thiophene rings is 1. The molecule has 0 saturated heterocycles. The fourth-order valence-corrected chi connectivity index (χ4v) is 4.51. The molecular formula is C16H18N6OS2. The maximum atomic E-state index is 10.7. The van der Waals surface area contributed by atoms with E-state index in [1.807, 2.05) is 24.4 Å². The van der Waals surface area contributed by atoms with Crippen molar-refractivity contribution in [3.05, 3.63) is 28.1 Å². The summed E-state index contributed by atoms with van der Waals surface area (Å²) in [6.45, 7) is 1.96.